The van der Waals surface area contributed by atoms with Gasteiger partial charge in [-0.1, -0.05) is 17.9 Å². The molecule has 0 amide bonds. The average Bonchev–Trinajstić information content (AvgIpc) is 2.95. The molecule has 2 aromatic heterocycles. The van der Waals surface area contributed by atoms with Crippen molar-refractivity contribution in [2.75, 3.05) is 6.61 Å². The van der Waals surface area contributed by atoms with Crippen molar-refractivity contribution in [1.29, 1.82) is 0 Å². The summed E-state index contributed by atoms with van der Waals surface area (Å²) < 4.78 is 11.6. The van der Waals surface area contributed by atoms with Crippen molar-refractivity contribution >= 4 is 5.97 Å². The summed E-state index contributed by atoms with van der Waals surface area (Å²) in [6.45, 7) is 7.27. The van der Waals surface area contributed by atoms with E-state index in [1.807, 2.05) is 0 Å². The van der Waals surface area contributed by atoms with Gasteiger partial charge in [0, 0.05) is 6.92 Å². The molecule has 0 fully saturated rings. The lowest BCUT2D eigenvalue weighted by Crippen LogP contribution is -2.09. The number of nitrogens with zero attached hydrogens (tertiary/aromatic N) is 5. The Morgan fingerprint density at radius 1 is 1.42 bits per heavy atom. The molecular formula is C11H13N5O3. The Morgan fingerprint density at radius 3 is 2.84 bits per heavy atom. The Hall–Kier alpha value is -2.51. The summed E-state index contributed by atoms with van der Waals surface area (Å²) in [5.41, 5.74) is 0.739. The van der Waals surface area contributed by atoms with E-state index in [9.17, 15) is 4.79 Å². The quantitative estimate of drug-likeness (QED) is 0.577. The van der Waals surface area contributed by atoms with Gasteiger partial charge >= 0.3 is 5.97 Å². The highest BCUT2D eigenvalue weighted by atomic mass is 16.5. The van der Waals surface area contributed by atoms with Gasteiger partial charge in [-0.25, -0.2) is 9.48 Å². The van der Waals surface area contributed by atoms with Crippen molar-refractivity contribution in [2.24, 2.45) is 0 Å². The largest absolute Gasteiger partial charge is 0.457 e. The number of hydrogen-bond acceptors (Lipinski definition) is 7. The monoisotopic (exact) mass is 263 g/mol. The van der Waals surface area contributed by atoms with E-state index >= 15 is 0 Å². The second-order valence-corrected chi connectivity index (χ2v) is 3.78. The first kappa shape index (κ1) is 12.9. The van der Waals surface area contributed by atoms with Gasteiger partial charge in [0.05, 0.1) is 5.69 Å². The first-order valence-corrected chi connectivity index (χ1v) is 5.59. The number of esters is 1. The van der Waals surface area contributed by atoms with Gasteiger partial charge in [0.2, 0.25) is 11.8 Å². The number of aryl methyl sites for hydroxylation is 1. The maximum atomic E-state index is 11.7. The van der Waals surface area contributed by atoms with Crippen LogP contribution >= 0.6 is 0 Å². The summed E-state index contributed by atoms with van der Waals surface area (Å²) >= 11 is 0. The molecule has 0 aliphatic carbocycles. The van der Waals surface area contributed by atoms with Crippen LogP contribution in [0.4, 0.5) is 0 Å². The van der Waals surface area contributed by atoms with Crippen molar-refractivity contribution in [3.63, 3.8) is 0 Å². The fourth-order valence-corrected chi connectivity index (χ4v) is 1.43. The zero-order chi connectivity index (χ0) is 13.8. The third-order valence-electron chi connectivity index (χ3n) is 2.36. The smallest absolute Gasteiger partial charge is 0.361 e. The van der Waals surface area contributed by atoms with E-state index in [0.29, 0.717) is 17.5 Å². The Labute approximate surface area is 109 Å². The Morgan fingerprint density at radius 2 is 2.21 bits per heavy atom. The lowest BCUT2D eigenvalue weighted by molar-refractivity contribution is 0.0542. The third-order valence-corrected chi connectivity index (χ3v) is 2.36. The predicted octanol–water partition coefficient (Wildman–Crippen LogP) is 0.669. The van der Waals surface area contributed by atoms with Crippen molar-refractivity contribution in [3.05, 3.63) is 35.8 Å². The second-order valence-electron chi connectivity index (χ2n) is 3.78. The standard InChI is InChI=1S/C11H13N5O3/c1-4-5-18-11(17)10-7(2)16(15-14-10)6-9-13-12-8(3)19-9/h4H,1,5-6H2,2-3H3. The van der Waals surface area contributed by atoms with Gasteiger partial charge in [0.25, 0.3) is 0 Å². The topological polar surface area (TPSA) is 95.9 Å². The van der Waals surface area contributed by atoms with E-state index in [0.717, 1.165) is 0 Å². The summed E-state index contributed by atoms with van der Waals surface area (Å²) in [5, 5.41) is 15.2. The van der Waals surface area contributed by atoms with Gasteiger partial charge in [-0.05, 0) is 6.92 Å². The number of hydrogen-bond donors (Lipinski definition) is 0. The molecule has 2 heterocycles. The summed E-state index contributed by atoms with van der Waals surface area (Å²) in [6, 6.07) is 0. The molecule has 0 spiro atoms. The molecule has 0 aromatic carbocycles. The van der Waals surface area contributed by atoms with Gasteiger partial charge in [0.1, 0.15) is 13.2 Å². The minimum absolute atomic E-state index is 0.133. The highest BCUT2D eigenvalue weighted by Crippen LogP contribution is 2.08. The summed E-state index contributed by atoms with van der Waals surface area (Å²) in [5.74, 6) is 0.334. The van der Waals surface area contributed by atoms with E-state index < -0.39 is 5.97 Å². The first-order chi connectivity index (χ1) is 9.11. The van der Waals surface area contributed by atoms with Crippen LogP contribution in [0.5, 0.6) is 0 Å². The van der Waals surface area contributed by atoms with Crippen LogP contribution in [0, 0.1) is 13.8 Å². The number of carbonyl (C=O) groups excluding carboxylic acids is 1. The molecule has 0 N–H and O–H groups in total. The SMILES string of the molecule is C=CCOC(=O)c1nnn(Cc2nnc(C)o2)c1C. The lowest BCUT2D eigenvalue weighted by Gasteiger charge is -2.00. The molecule has 2 aromatic rings. The van der Waals surface area contributed by atoms with Gasteiger partial charge in [-0.15, -0.1) is 15.3 Å². The van der Waals surface area contributed by atoms with E-state index in [2.05, 4.69) is 27.1 Å². The Balaban J connectivity index is 2.13. The molecule has 0 radical (unpaired) electrons. The van der Waals surface area contributed by atoms with Crippen molar-refractivity contribution in [2.45, 2.75) is 20.4 Å². The van der Waals surface area contributed by atoms with E-state index in [1.165, 1.54) is 10.8 Å². The summed E-state index contributed by atoms with van der Waals surface area (Å²) in [6.07, 6.45) is 1.48. The highest BCUT2D eigenvalue weighted by molar-refractivity contribution is 5.88. The fraction of sp³-hybridized carbons (Fsp3) is 0.364. The van der Waals surface area contributed by atoms with Crippen molar-refractivity contribution in [1.82, 2.24) is 25.2 Å². The molecular weight excluding hydrogens is 250 g/mol. The molecule has 0 aliphatic heterocycles. The zero-order valence-corrected chi connectivity index (χ0v) is 10.7. The lowest BCUT2D eigenvalue weighted by atomic mass is 10.3. The second kappa shape index (κ2) is 5.42. The Kier molecular flexibility index (Phi) is 3.69. The van der Waals surface area contributed by atoms with Crippen LogP contribution in [0.3, 0.4) is 0 Å². The molecule has 8 heteroatoms. The molecule has 100 valence electrons. The molecule has 0 saturated heterocycles. The van der Waals surface area contributed by atoms with E-state index in [4.69, 9.17) is 9.15 Å². The van der Waals surface area contributed by atoms with Crippen LogP contribution in [-0.4, -0.2) is 37.8 Å². The predicted molar refractivity (Wildman–Crippen MR) is 63.4 cm³/mol. The Bertz CT molecular complexity index is 601. The van der Waals surface area contributed by atoms with Gasteiger partial charge in [-0.3, -0.25) is 0 Å². The van der Waals surface area contributed by atoms with Crippen LogP contribution in [0.2, 0.25) is 0 Å². The molecule has 0 atom stereocenters. The van der Waals surface area contributed by atoms with Crippen LogP contribution in [-0.2, 0) is 11.3 Å². The third kappa shape index (κ3) is 2.84. The number of ether oxygens (including phenoxy) is 1. The molecule has 0 saturated carbocycles. The molecule has 8 nitrogen and oxygen atoms in total. The van der Waals surface area contributed by atoms with E-state index in [1.54, 1.807) is 13.8 Å². The minimum Gasteiger partial charge on any atom is -0.457 e. The zero-order valence-electron chi connectivity index (χ0n) is 10.7. The van der Waals surface area contributed by atoms with Crippen LogP contribution in [0.25, 0.3) is 0 Å². The highest BCUT2D eigenvalue weighted by Gasteiger charge is 2.18. The summed E-state index contributed by atoms with van der Waals surface area (Å²) in [7, 11) is 0. The fourth-order valence-electron chi connectivity index (χ4n) is 1.43. The molecule has 19 heavy (non-hydrogen) atoms. The average molecular weight is 263 g/mol. The number of aromatic nitrogens is 5. The van der Waals surface area contributed by atoms with Gasteiger partial charge in [0.15, 0.2) is 5.69 Å². The van der Waals surface area contributed by atoms with Crippen LogP contribution in [0.15, 0.2) is 17.1 Å². The molecule has 0 aliphatic rings. The van der Waals surface area contributed by atoms with Crippen molar-refractivity contribution < 1.29 is 13.9 Å². The normalized spacial score (nSPS) is 10.4. The first-order valence-electron chi connectivity index (χ1n) is 5.59. The van der Waals surface area contributed by atoms with E-state index in [-0.39, 0.29) is 18.8 Å². The summed E-state index contributed by atoms with van der Waals surface area (Å²) in [4.78, 5) is 11.7. The number of carbonyl (C=O) groups is 1. The van der Waals surface area contributed by atoms with Gasteiger partial charge in [-0.2, -0.15) is 0 Å². The van der Waals surface area contributed by atoms with Gasteiger partial charge < -0.3 is 9.15 Å². The molecule has 0 unspecified atom stereocenters. The molecule has 2 rings (SSSR count). The van der Waals surface area contributed by atoms with Crippen LogP contribution in [0.1, 0.15) is 28.0 Å². The maximum Gasteiger partial charge on any atom is 0.361 e. The maximum absolute atomic E-state index is 11.7. The molecule has 0 bridgehead atoms. The van der Waals surface area contributed by atoms with Crippen molar-refractivity contribution in [3.8, 4) is 0 Å². The van der Waals surface area contributed by atoms with Crippen LogP contribution < -0.4 is 0 Å². The minimum atomic E-state index is -0.537. The number of rotatable bonds is 5.